The number of thioether (sulfide) groups is 2. The van der Waals surface area contributed by atoms with Crippen molar-refractivity contribution in [1.29, 1.82) is 0 Å². The van der Waals surface area contributed by atoms with Gasteiger partial charge in [0.1, 0.15) is 12.1 Å². The molecule has 2 atom stereocenters. The van der Waals surface area contributed by atoms with Gasteiger partial charge < -0.3 is 20.1 Å². The zero-order valence-corrected chi connectivity index (χ0v) is 15.0. The van der Waals surface area contributed by atoms with Gasteiger partial charge in [-0.3, -0.25) is 4.79 Å². The van der Waals surface area contributed by atoms with E-state index in [0.29, 0.717) is 13.0 Å². The van der Waals surface area contributed by atoms with E-state index in [2.05, 4.69) is 10.1 Å². The van der Waals surface area contributed by atoms with E-state index in [1.165, 1.54) is 12.0 Å². The molecule has 130 valence electrons. The van der Waals surface area contributed by atoms with E-state index in [-0.39, 0.29) is 15.9 Å². The fourth-order valence-electron chi connectivity index (χ4n) is 2.88. The first-order valence-electron chi connectivity index (χ1n) is 7.45. The Morgan fingerprint density at radius 2 is 1.91 bits per heavy atom. The zero-order valence-electron chi connectivity index (χ0n) is 13.4. The molecule has 1 spiro atoms. The second-order valence-electron chi connectivity index (χ2n) is 5.99. The van der Waals surface area contributed by atoms with Gasteiger partial charge >= 0.3 is 12.1 Å². The second-order valence-corrected chi connectivity index (χ2v) is 9.20. The van der Waals surface area contributed by atoms with Crippen LogP contribution >= 0.6 is 23.5 Å². The molecule has 7 nitrogen and oxygen atoms in total. The van der Waals surface area contributed by atoms with Gasteiger partial charge in [-0.2, -0.15) is 0 Å². The van der Waals surface area contributed by atoms with Crippen LogP contribution in [-0.4, -0.2) is 69.3 Å². The van der Waals surface area contributed by atoms with Crippen LogP contribution in [0.15, 0.2) is 0 Å². The van der Waals surface area contributed by atoms with Gasteiger partial charge in [-0.05, 0) is 5.92 Å². The Hall–Kier alpha value is -1.09. The predicted octanol–water partition coefficient (Wildman–Crippen LogP) is 1.23. The minimum atomic E-state index is -0.996. The summed E-state index contributed by atoms with van der Waals surface area (Å²) in [6.07, 6.45) is -0.255. The summed E-state index contributed by atoms with van der Waals surface area (Å²) < 4.78 is 4.34. The normalized spacial score (nSPS) is 24.0. The number of aliphatic carboxylic acids is 1. The van der Waals surface area contributed by atoms with E-state index in [1.807, 2.05) is 0 Å². The summed E-state index contributed by atoms with van der Waals surface area (Å²) in [6.45, 7) is 4.00. The lowest BCUT2D eigenvalue weighted by atomic mass is 10.0. The summed E-state index contributed by atoms with van der Waals surface area (Å²) in [5.74, 6) is 0.406. The summed E-state index contributed by atoms with van der Waals surface area (Å²) in [7, 11) is 1.23. The lowest BCUT2D eigenvalue weighted by Gasteiger charge is -2.29. The predicted molar refractivity (Wildman–Crippen MR) is 89.6 cm³/mol. The number of nitrogens with zero attached hydrogens (tertiary/aromatic N) is 1. The number of hydrogen-bond donors (Lipinski definition) is 2. The first kappa shape index (κ1) is 18.3. The van der Waals surface area contributed by atoms with E-state index in [0.717, 1.165) is 11.5 Å². The lowest BCUT2D eigenvalue weighted by Crippen LogP contribution is -2.54. The van der Waals surface area contributed by atoms with E-state index in [4.69, 9.17) is 0 Å². The molecule has 2 aliphatic rings. The van der Waals surface area contributed by atoms with Crippen molar-refractivity contribution in [3.63, 3.8) is 0 Å². The molecule has 0 aromatic carbocycles. The third-order valence-electron chi connectivity index (χ3n) is 4.06. The molecular weight excluding hydrogens is 340 g/mol. The molecule has 0 bridgehead atoms. The van der Waals surface area contributed by atoms with Crippen molar-refractivity contribution in [3.05, 3.63) is 0 Å². The van der Waals surface area contributed by atoms with Crippen molar-refractivity contribution >= 4 is 41.5 Å². The minimum absolute atomic E-state index is 0.170. The SMILES string of the molecule is COC(=O)NC(C(=O)N1CC2(CC1C(=O)O)SCCS2)C(C)C. The third kappa shape index (κ3) is 3.88. The fourth-order valence-corrected chi connectivity index (χ4v) is 6.13. The summed E-state index contributed by atoms with van der Waals surface area (Å²) >= 11 is 3.45. The average molecular weight is 362 g/mol. The summed E-state index contributed by atoms with van der Waals surface area (Å²) in [4.78, 5) is 37.4. The molecule has 2 unspecified atom stereocenters. The van der Waals surface area contributed by atoms with Crippen LogP contribution < -0.4 is 5.32 Å². The van der Waals surface area contributed by atoms with Gasteiger partial charge in [-0.15, -0.1) is 23.5 Å². The van der Waals surface area contributed by atoms with Crippen molar-refractivity contribution < 1.29 is 24.2 Å². The van der Waals surface area contributed by atoms with Crippen molar-refractivity contribution in [2.45, 2.75) is 36.4 Å². The maximum Gasteiger partial charge on any atom is 0.407 e. The summed E-state index contributed by atoms with van der Waals surface area (Å²) in [6, 6.07) is -1.64. The van der Waals surface area contributed by atoms with Gasteiger partial charge in [0.05, 0.1) is 11.2 Å². The van der Waals surface area contributed by atoms with Crippen LogP contribution in [0.4, 0.5) is 4.79 Å². The Kier molecular flexibility index (Phi) is 5.72. The molecule has 0 aromatic rings. The summed E-state index contributed by atoms with van der Waals surface area (Å²) in [5, 5.41) is 12.0. The molecule has 2 rings (SSSR count). The Bertz CT molecular complexity index is 494. The first-order chi connectivity index (χ1) is 10.8. The van der Waals surface area contributed by atoms with E-state index >= 15 is 0 Å². The Morgan fingerprint density at radius 1 is 1.30 bits per heavy atom. The van der Waals surface area contributed by atoms with E-state index in [9.17, 15) is 19.5 Å². The number of carbonyl (C=O) groups is 3. The molecule has 0 aromatic heterocycles. The van der Waals surface area contributed by atoms with Crippen molar-refractivity contribution in [2.24, 2.45) is 5.92 Å². The Morgan fingerprint density at radius 3 is 2.39 bits per heavy atom. The van der Waals surface area contributed by atoms with Crippen LogP contribution in [0.2, 0.25) is 0 Å². The van der Waals surface area contributed by atoms with Crippen LogP contribution in [0.3, 0.4) is 0 Å². The molecule has 23 heavy (non-hydrogen) atoms. The molecular formula is C14H22N2O5S2. The highest BCUT2D eigenvalue weighted by Gasteiger charge is 2.52. The van der Waals surface area contributed by atoms with Gasteiger partial charge in [0.15, 0.2) is 0 Å². The first-order valence-corrected chi connectivity index (χ1v) is 9.42. The standard InChI is InChI=1S/C14H22N2O5S2/c1-8(2)10(15-13(20)21-3)11(17)16-7-14(22-4-5-23-14)6-9(16)12(18)19/h8-10H,4-7H2,1-3H3,(H,15,20)(H,18,19). The highest BCUT2D eigenvalue weighted by molar-refractivity contribution is 8.21. The van der Waals surface area contributed by atoms with Gasteiger partial charge in [-0.1, -0.05) is 13.8 Å². The molecule has 2 saturated heterocycles. The Labute approximate surface area is 143 Å². The number of hydrogen-bond acceptors (Lipinski definition) is 6. The number of nitrogens with one attached hydrogen (secondary N) is 1. The lowest BCUT2D eigenvalue weighted by molar-refractivity contribution is -0.149. The molecule has 2 amide bonds. The molecule has 2 fully saturated rings. The van der Waals surface area contributed by atoms with Gasteiger partial charge in [0, 0.05) is 24.5 Å². The Balaban J connectivity index is 2.19. The van der Waals surface area contributed by atoms with Crippen molar-refractivity contribution in [3.8, 4) is 0 Å². The zero-order chi connectivity index (χ0) is 17.2. The van der Waals surface area contributed by atoms with Crippen molar-refractivity contribution in [1.82, 2.24) is 10.2 Å². The number of likely N-dealkylation sites (tertiary alicyclic amines) is 1. The fraction of sp³-hybridized carbons (Fsp3) is 0.786. The topological polar surface area (TPSA) is 95.9 Å². The van der Waals surface area contributed by atoms with Crippen molar-refractivity contribution in [2.75, 3.05) is 25.2 Å². The quantitative estimate of drug-likeness (QED) is 0.776. The average Bonchev–Trinajstić information content (AvgIpc) is 3.11. The number of methoxy groups -OCH3 is 1. The molecule has 0 aliphatic carbocycles. The van der Waals surface area contributed by atoms with Gasteiger partial charge in [0.25, 0.3) is 0 Å². The third-order valence-corrected chi connectivity index (χ3v) is 7.49. The number of amides is 2. The molecule has 0 radical (unpaired) electrons. The highest BCUT2D eigenvalue weighted by atomic mass is 32.2. The van der Waals surface area contributed by atoms with E-state index < -0.39 is 24.1 Å². The maximum absolute atomic E-state index is 12.9. The van der Waals surface area contributed by atoms with Crippen LogP contribution in [-0.2, 0) is 14.3 Å². The molecule has 2 aliphatic heterocycles. The minimum Gasteiger partial charge on any atom is -0.480 e. The molecule has 2 heterocycles. The second kappa shape index (κ2) is 7.21. The number of carboxylic acid groups (broad SMARTS) is 1. The number of carboxylic acids is 1. The van der Waals surface area contributed by atoms with Gasteiger partial charge in [-0.25, -0.2) is 9.59 Å². The molecule has 9 heteroatoms. The van der Waals surface area contributed by atoms with Crippen LogP contribution in [0.5, 0.6) is 0 Å². The van der Waals surface area contributed by atoms with Crippen LogP contribution in [0.25, 0.3) is 0 Å². The number of alkyl carbamates (subject to hydrolysis) is 1. The van der Waals surface area contributed by atoms with Gasteiger partial charge in [0.2, 0.25) is 5.91 Å². The van der Waals surface area contributed by atoms with Crippen LogP contribution in [0.1, 0.15) is 20.3 Å². The highest BCUT2D eigenvalue weighted by Crippen LogP contribution is 2.51. The maximum atomic E-state index is 12.9. The smallest absolute Gasteiger partial charge is 0.407 e. The largest absolute Gasteiger partial charge is 0.480 e. The van der Waals surface area contributed by atoms with E-state index in [1.54, 1.807) is 37.4 Å². The summed E-state index contributed by atoms with van der Waals surface area (Å²) in [5.41, 5.74) is 0. The number of rotatable bonds is 4. The molecule has 2 N–H and O–H groups in total. The molecule has 0 saturated carbocycles. The number of carbonyl (C=O) groups excluding carboxylic acids is 2. The number of ether oxygens (including phenoxy) is 1. The monoisotopic (exact) mass is 362 g/mol. The van der Waals surface area contributed by atoms with Crippen LogP contribution in [0, 0.1) is 5.92 Å².